The third-order valence-corrected chi connectivity index (χ3v) is 11.5. The summed E-state index contributed by atoms with van der Waals surface area (Å²) in [5.41, 5.74) is 11.8. The van der Waals surface area contributed by atoms with Gasteiger partial charge in [0.15, 0.2) is 40.6 Å². The maximum absolute atomic E-state index is 8.04. The third kappa shape index (κ3) is 7.03. The molecule has 8 aromatic carbocycles. The van der Waals surface area contributed by atoms with Crippen molar-refractivity contribution in [2.75, 3.05) is 0 Å². The molecule has 0 saturated heterocycles. The average molecular weight is 821 g/mol. The highest BCUT2D eigenvalue weighted by Gasteiger charge is 2.21. The second-order valence-electron chi connectivity index (χ2n) is 15.5. The molecule has 0 aliphatic carbocycles. The van der Waals surface area contributed by atoms with Crippen LogP contribution in [-0.4, -0.2) is 34.5 Å². The first-order chi connectivity index (χ1) is 31.6. The van der Waals surface area contributed by atoms with E-state index in [0.29, 0.717) is 40.6 Å². The van der Waals surface area contributed by atoms with E-state index in [0.717, 1.165) is 77.6 Å². The Labute approximate surface area is 369 Å². The molecule has 64 heavy (non-hydrogen) atoms. The van der Waals surface area contributed by atoms with Gasteiger partial charge < -0.3 is 4.57 Å². The van der Waals surface area contributed by atoms with Crippen LogP contribution < -0.4 is 0 Å². The normalized spacial score (nSPS) is 11.2. The van der Waals surface area contributed by atoms with Crippen LogP contribution in [0.2, 0.25) is 0 Å². The van der Waals surface area contributed by atoms with Gasteiger partial charge in [-0.05, 0) is 66.1 Å². The lowest BCUT2D eigenvalue weighted by Crippen LogP contribution is -2.01. The van der Waals surface area contributed by atoms with Crippen LogP contribution in [0.5, 0.6) is 0 Å². The van der Waals surface area contributed by atoms with Crippen LogP contribution in [0.1, 0.15) is 5.56 Å². The fourth-order valence-electron chi connectivity index (χ4n) is 8.31. The van der Waals surface area contributed by atoms with Crippen molar-refractivity contribution in [1.29, 1.82) is 0 Å². The Balaban J connectivity index is 1.14. The van der Waals surface area contributed by atoms with Gasteiger partial charge in [0, 0.05) is 49.8 Å². The van der Waals surface area contributed by atoms with Gasteiger partial charge in [0.25, 0.3) is 0 Å². The van der Waals surface area contributed by atoms with Crippen molar-refractivity contribution in [2.24, 2.45) is 0 Å². The molecule has 0 atom stereocenters. The molecule has 11 rings (SSSR count). The van der Waals surface area contributed by atoms with E-state index in [9.17, 15) is 0 Å². The Morgan fingerprint density at radius 1 is 0.359 bits per heavy atom. The average Bonchev–Trinajstić information content (AvgIpc) is 3.69. The van der Waals surface area contributed by atoms with Gasteiger partial charge in [0.1, 0.15) is 0 Å². The van der Waals surface area contributed by atoms with Crippen LogP contribution >= 0.6 is 0 Å². The number of para-hydroxylation sites is 1. The zero-order valence-electron chi connectivity index (χ0n) is 34.6. The Morgan fingerprint density at radius 3 is 1.23 bits per heavy atom. The maximum atomic E-state index is 8.04. The first kappa shape index (κ1) is 38.0. The summed E-state index contributed by atoms with van der Waals surface area (Å²) < 4.78 is 2.33. The van der Waals surface area contributed by atoms with Gasteiger partial charge in [-0.1, -0.05) is 158 Å². The van der Waals surface area contributed by atoms with Gasteiger partial charge in [-0.3, -0.25) is 0 Å². The van der Waals surface area contributed by atoms with Crippen molar-refractivity contribution in [3.05, 3.63) is 217 Å². The maximum Gasteiger partial charge on any atom is 0.187 e. The molecule has 3 aromatic heterocycles. The summed E-state index contributed by atoms with van der Waals surface area (Å²) in [7, 11) is 0. The van der Waals surface area contributed by atoms with Gasteiger partial charge in [-0.25, -0.2) is 34.7 Å². The van der Waals surface area contributed by atoms with Crippen LogP contribution in [0, 0.1) is 13.5 Å². The number of benzene rings is 8. The predicted molar refractivity (Wildman–Crippen MR) is 257 cm³/mol. The number of fused-ring (bicyclic) bond motifs is 3. The molecule has 8 nitrogen and oxygen atoms in total. The molecule has 300 valence electrons. The van der Waals surface area contributed by atoms with Crippen LogP contribution in [0.3, 0.4) is 0 Å². The highest BCUT2D eigenvalue weighted by Crippen LogP contribution is 2.41. The molecular weight excluding hydrogens is 785 g/mol. The lowest BCUT2D eigenvalue weighted by Gasteiger charge is -2.14. The summed E-state index contributed by atoms with van der Waals surface area (Å²) in [5, 5.41) is 2.06. The Hall–Kier alpha value is -8.93. The van der Waals surface area contributed by atoms with E-state index in [1.165, 1.54) is 0 Å². The van der Waals surface area contributed by atoms with Crippen molar-refractivity contribution >= 4 is 27.5 Å². The van der Waals surface area contributed by atoms with Crippen molar-refractivity contribution in [3.8, 4) is 85.1 Å². The van der Waals surface area contributed by atoms with E-state index in [-0.39, 0.29) is 0 Å². The zero-order chi connectivity index (χ0) is 43.0. The molecule has 0 saturated carbocycles. The van der Waals surface area contributed by atoms with Crippen LogP contribution in [0.15, 0.2) is 200 Å². The summed E-state index contributed by atoms with van der Waals surface area (Å²) >= 11 is 0. The minimum absolute atomic E-state index is 0.516. The van der Waals surface area contributed by atoms with Gasteiger partial charge in [0.05, 0.1) is 17.6 Å². The van der Waals surface area contributed by atoms with Crippen LogP contribution in [0.4, 0.5) is 5.69 Å². The number of aryl methyl sites for hydroxylation is 1. The largest absolute Gasteiger partial charge is 0.309 e. The standard InChI is InChI=1S/C56H36N8/c1-36-17-15-16-26-48(36)64-49-31-27-41(45-35-43(57-2)29-30-44(45)56-62-53(39-22-11-5-12-23-39)59-54(63-56)40-24-13-6-14-25-40)33-46(49)47-34-42(28-32-50(47)64)55-60-51(37-18-7-3-8-19-37)58-52(61-55)38-20-9-4-10-21-38/h3-35H,1H3. The van der Waals surface area contributed by atoms with E-state index in [2.05, 4.69) is 77.0 Å². The van der Waals surface area contributed by atoms with E-state index < -0.39 is 0 Å². The second kappa shape index (κ2) is 16.2. The summed E-state index contributed by atoms with van der Waals surface area (Å²) in [6, 6.07) is 67.1. The smallest absolute Gasteiger partial charge is 0.187 e. The van der Waals surface area contributed by atoms with Gasteiger partial charge in [-0.2, -0.15) is 0 Å². The highest BCUT2D eigenvalue weighted by atomic mass is 15.0. The highest BCUT2D eigenvalue weighted by molar-refractivity contribution is 6.12. The summed E-state index contributed by atoms with van der Waals surface area (Å²) in [4.78, 5) is 34.1. The molecule has 0 fully saturated rings. The minimum Gasteiger partial charge on any atom is -0.309 e. The lowest BCUT2D eigenvalue weighted by molar-refractivity contribution is 1.07. The number of nitrogens with zero attached hydrogens (tertiary/aromatic N) is 8. The molecule has 11 aromatic rings. The van der Waals surface area contributed by atoms with E-state index in [1.54, 1.807) is 0 Å². The van der Waals surface area contributed by atoms with E-state index in [1.807, 2.05) is 140 Å². The minimum atomic E-state index is 0.516. The number of rotatable bonds is 8. The summed E-state index contributed by atoms with van der Waals surface area (Å²) in [6.45, 7) is 10.2. The monoisotopic (exact) mass is 820 g/mol. The Bertz CT molecular complexity index is 3450. The van der Waals surface area contributed by atoms with Crippen LogP contribution in [0.25, 0.3) is 112 Å². The molecule has 0 unspecified atom stereocenters. The predicted octanol–water partition coefficient (Wildman–Crippen LogP) is 13.7. The van der Waals surface area contributed by atoms with Crippen molar-refractivity contribution < 1.29 is 0 Å². The first-order valence-electron chi connectivity index (χ1n) is 21.0. The van der Waals surface area contributed by atoms with Crippen molar-refractivity contribution in [1.82, 2.24) is 34.5 Å². The van der Waals surface area contributed by atoms with E-state index in [4.69, 9.17) is 36.5 Å². The molecule has 3 heterocycles. The molecule has 0 bridgehead atoms. The third-order valence-electron chi connectivity index (χ3n) is 11.5. The van der Waals surface area contributed by atoms with Crippen LogP contribution in [-0.2, 0) is 0 Å². The zero-order valence-corrected chi connectivity index (χ0v) is 34.6. The SMILES string of the molecule is [C-]#[N+]c1ccc(-c2nc(-c3ccccc3)nc(-c3ccccc3)n2)c(-c2ccc3c(c2)c2cc(-c4nc(-c5ccccc5)nc(-c5ccccc5)n4)ccc2n3-c2ccccc2C)c1. The van der Waals surface area contributed by atoms with Gasteiger partial charge >= 0.3 is 0 Å². The van der Waals surface area contributed by atoms with Gasteiger partial charge in [-0.15, -0.1) is 0 Å². The number of aromatic nitrogens is 7. The van der Waals surface area contributed by atoms with Crippen molar-refractivity contribution in [2.45, 2.75) is 6.92 Å². The lowest BCUT2D eigenvalue weighted by atomic mass is 9.96. The molecule has 0 radical (unpaired) electrons. The summed E-state index contributed by atoms with van der Waals surface area (Å²) in [6.07, 6.45) is 0. The fraction of sp³-hybridized carbons (Fsp3) is 0.0179. The Morgan fingerprint density at radius 2 is 0.766 bits per heavy atom. The molecule has 0 spiro atoms. The molecule has 8 heteroatoms. The first-order valence-corrected chi connectivity index (χ1v) is 21.0. The molecular formula is C56H36N8. The summed E-state index contributed by atoms with van der Waals surface area (Å²) in [5.74, 6) is 3.43. The van der Waals surface area contributed by atoms with Gasteiger partial charge in [0.2, 0.25) is 0 Å². The molecule has 0 amide bonds. The Kier molecular flexibility index (Phi) is 9.60. The molecule has 0 aliphatic heterocycles. The quantitative estimate of drug-likeness (QED) is 0.142. The fourth-order valence-corrected chi connectivity index (χ4v) is 8.31. The number of hydrogen-bond donors (Lipinski definition) is 0. The second-order valence-corrected chi connectivity index (χ2v) is 15.5. The van der Waals surface area contributed by atoms with Crippen molar-refractivity contribution in [3.63, 3.8) is 0 Å². The molecule has 0 aliphatic rings. The van der Waals surface area contributed by atoms with E-state index >= 15 is 0 Å². The number of hydrogen-bond acceptors (Lipinski definition) is 6. The topological polar surface area (TPSA) is 86.6 Å². The molecule has 0 N–H and O–H groups in total.